The van der Waals surface area contributed by atoms with Crippen molar-refractivity contribution in [2.24, 2.45) is 0 Å². The fourth-order valence-electron chi connectivity index (χ4n) is 2.20. The summed E-state index contributed by atoms with van der Waals surface area (Å²) in [5.41, 5.74) is 0.623. The summed E-state index contributed by atoms with van der Waals surface area (Å²) >= 11 is 0. The summed E-state index contributed by atoms with van der Waals surface area (Å²) in [4.78, 5) is 23.8. The second-order valence-corrected chi connectivity index (χ2v) is 5.34. The minimum atomic E-state index is -0.773. The van der Waals surface area contributed by atoms with E-state index in [1.54, 1.807) is 26.1 Å². The second-order valence-electron chi connectivity index (χ2n) is 5.34. The number of likely N-dealkylation sites (N-methyl/N-ethyl adjacent to an activating group) is 1. The predicted molar refractivity (Wildman–Crippen MR) is 86.1 cm³/mol. The molecule has 0 aliphatic rings. The van der Waals surface area contributed by atoms with Crippen molar-refractivity contribution in [2.45, 2.75) is 19.6 Å². The van der Waals surface area contributed by atoms with Gasteiger partial charge in [0.1, 0.15) is 11.6 Å². The maximum Gasteiger partial charge on any atom is 0.269 e. The lowest BCUT2D eigenvalue weighted by Gasteiger charge is -2.22. The van der Waals surface area contributed by atoms with Crippen LogP contribution in [0.5, 0.6) is 5.75 Å². The molecule has 0 aliphatic carbocycles. The molecule has 126 valence electrons. The van der Waals surface area contributed by atoms with Crippen LogP contribution in [-0.4, -0.2) is 28.9 Å². The van der Waals surface area contributed by atoms with Crippen molar-refractivity contribution in [1.82, 2.24) is 4.90 Å². The third kappa shape index (κ3) is 4.52. The smallest absolute Gasteiger partial charge is 0.269 e. The van der Waals surface area contributed by atoms with Crippen LogP contribution in [0.15, 0.2) is 48.5 Å². The van der Waals surface area contributed by atoms with Crippen molar-refractivity contribution in [3.05, 3.63) is 70.0 Å². The number of hydrogen-bond acceptors (Lipinski definition) is 4. The van der Waals surface area contributed by atoms with Crippen LogP contribution in [-0.2, 0) is 11.3 Å². The third-order valence-electron chi connectivity index (χ3n) is 3.39. The summed E-state index contributed by atoms with van der Waals surface area (Å²) in [5, 5.41) is 10.6. The Morgan fingerprint density at radius 2 is 1.96 bits per heavy atom. The van der Waals surface area contributed by atoms with Gasteiger partial charge in [0.2, 0.25) is 0 Å². The zero-order chi connectivity index (χ0) is 17.7. The number of nitrogens with zero attached hydrogens (tertiary/aromatic N) is 2. The zero-order valence-electron chi connectivity index (χ0n) is 13.3. The highest BCUT2D eigenvalue weighted by molar-refractivity contribution is 5.80. The maximum atomic E-state index is 13.2. The minimum Gasteiger partial charge on any atom is -0.481 e. The van der Waals surface area contributed by atoms with Crippen LogP contribution < -0.4 is 4.74 Å². The van der Waals surface area contributed by atoms with E-state index < -0.39 is 11.0 Å². The average Bonchev–Trinajstić information content (AvgIpc) is 2.54. The van der Waals surface area contributed by atoms with Gasteiger partial charge in [-0.1, -0.05) is 12.1 Å². The standard InChI is InChI=1S/C17H17FN2O4/c1-12(24-16-8-6-15(7-9-16)20(22)23)17(21)19(2)11-13-4-3-5-14(18)10-13/h3-10,12H,11H2,1-2H3/t12-/m1/s1. The van der Waals surface area contributed by atoms with E-state index in [0.29, 0.717) is 11.3 Å². The molecule has 1 atom stereocenters. The van der Waals surface area contributed by atoms with Crippen LogP contribution >= 0.6 is 0 Å². The van der Waals surface area contributed by atoms with E-state index in [-0.39, 0.29) is 24.0 Å². The number of amides is 1. The van der Waals surface area contributed by atoms with E-state index in [2.05, 4.69) is 0 Å². The molecule has 24 heavy (non-hydrogen) atoms. The van der Waals surface area contributed by atoms with Gasteiger partial charge in [-0.05, 0) is 36.8 Å². The summed E-state index contributed by atoms with van der Waals surface area (Å²) in [6.45, 7) is 1.84. The largest absolute Gasteiger partial charge is 0.481 e. The summed E-state index contributed by atoms with van der Waals surface area (Å²) in [6.07, 6.45) is -0.773. The van der Waals surface area contributed by atoms with E-state index >= 15 is 0 Å². The highest BCUT2D eigenvalue weighted by Crippen LogP contribution is 2.19. The first-order chi connectivity index (χ1) is 11.4. The Labute approximate surface area is 138 Å². The lowest BCUT2D eigenvalue weighted by atomic mass is 10.2. The molecule has 2 aromatic carbocycles. The van der Waals surface area contributed by atoms with Gasteiger partial charge in [0.15, 0.2) is 6.10 Å². The molecule has 0 spiro atoms. The van der Waals surface area contributed by atoms with E-state index in [1.807, 2.05) is 0 Å². The molecule has 0 bridgehead atoms. The van der Waals surface area contributed by atoms with Gasteiger partial charge in [-0.15, -0.1) is 0 Å². The summed E-state index contributed by atoms with van der Waals surface area (Å²) < 4.78 is 18.7. The number of hydrogen-bond donors (Lipinski definition) is 0. The normalized spacial score (nSPS) is 11.6. The Balaban J connectivity index is 1.96. The monoisotopic (exact) mass is 332 g/mol. The molecule has 0 heterocycles. The van der Waals surface area contributed by atoms with Crippen molar-refractivity contribution in [2.75, 3.05) is 7.05 Å². The molecule has 0 aliphatic heterocycles. The SMILES string of the molecule is C[C@@H](Oc1ccc([N+](=O)[O-])cc1)C(=O)N(C)Cc1cccc(F)c1. The van der Waals surface area contributed by atoms with Crippen molar-refractivity contribution < 1.29 is 18.8 Å². The number of non-ortho nitro benzene ring substituents is 1. The number of carbonyl (C=O) groups is 1. The number of halogens is 1. The molecule has 2 aromatic rings. The van der Waals surface area contributed by atoms with Gasteiger partial charge in [0, 0.05) is 25.7 Å². The van der Waals surface area contributed by atoms with Crippen LogP contribution in [0.25, 0.3) is 0 Å². The predicted octanol–water partition coefficient (Wildman–Crippen LogP) is 3.16. The van der Waals surface area contributed by atoms with Crippen LogP contribution in [0.3, 0.4) is 0 Å². The van der Waals surface area contributed by atoms with E-state index in [1.165, 1.54) is 41.3 Å². The fraction of sp³-hybridized carbons (Fsp3) is 0.235. The molecular weight excluding hydrogens is 315 g/mol. The van der Waals surface area contributed by atoms with E-state index in [0.717, 1.165) is 0 Å². The number of ether oxygens (including phenoxy) is 1. The van der Waals surface area contributed by atoms with Crippen molar-refractivity contribution in [1.29, 1.82) is 0 Å². The maximum absolute atomic E-state index is 13.2. The average molecular weight is 332 g/mol. The molecular formula is C17H17FN2O4. The van der Waals surface area contributed by atoms with Gasteiger partial charge in [-0.25, -0.2) is 4.39 Å². The van der Waals surface area contributed by atoms with Gasteiger partial charge >= 0.3 is 0 Å². The number of rotatable bonds is 6. The van der Waals surface area contributed by atoms with Crippen LogP contribution in [0.4, 0.5) is 10.1 Å². The molecule has 0 N–H and O–H groups in total. The van der Waals surface area contributed by atoms with Gasteiger partial charge in [0.05, 0.1) is 4.92 Å². The highest BCUT2D eigenvalue weighted by Gasteiger charge is 2.20. The number of nitro benzene ring substituents is 1. The van der Waals surface area contributed by atoms with E-state index in [4.69, 9.17) is 4.74 Å². The summed E-state index contributed by atoms with van der Waals surface area (Å²) in [6, 6.07) is 11.5. The molecule has 0 saturated heterocycles. The van der Waals surface area contributed by atoms with Crippen molar-refractivity contribution >= 4 is 11.6 Å². The minimum absolute atomic E-state index is 0.0513. The van der Waals surface area contributed by atoms with Gasteiger partial charge in [-0.2, -0.15) is 0 Å². The first-order valence-corrected chi connectivity index (χ1v) is 7.27. The molecule has 0 aromatic heterocycles. The number of carbonyl (C=O) groups excluding carboxylic acids is 1. The molecule has 1 amide bonds. The Kier molecular flexibility index (Phi) is 5.47. The Morgan fingerprint density at radius 3 is 2.54 bits per heavy atom. The second kappa shape index (κ2) is 7.54. The molecule has 0 saturated carbocycles. The van der Waals surface area contributed by atoms with Crippen LogP contribution in [0.1, 0.15) is 12.5 Å². The number of benzene rings is 2. The van der Waals surface area contributed by atoms with Gasteiger partial charge < -0.3 is 9.64 Å². The van der Waals surface area contributed by atoms with Gasteiger partial charge in [-0.3, -0.25) is 14.9 Å². The van der Waals surface area contributed by atoms with Gasteiger partial charge in [0.25, 0.3) is 11.6 Å². The first-order valence-electron chi connectivity index (χ1n) is 7.27. The highest BCUT2D eigenvalue weighted by atomic mass is 19.1. The molecule has 2 rings (SSSR count). The first kappa shape index (κ1) is 17.4. The molecule has 0 unspecified atom stereocenters. The fourth-order valence-corrected chi connectivity index (χ4v) is 2.20. The lowest BCUT2D eigenvalue weighted by Crippen LogP contribution is -2.37. The molecule has 6 nitrogen and oxygen atoms in total. The Bertz CT molecular complexity index is 734. The zero-order valence-corrected chi connectivity index (χ0v) is 13.3. The Morgan fingerprint density at radius 1 is 1.29 bits per heavy atom. The van der Waals surface area contributed by atoms with Crippen molar-refractivity contribution in [3.8, 4) is 5.75 Å². The van der Waals surface area contributed by atoms with Crippen molar-refractivity contribution in [3.63, 3.8) is 0 Å². The molecule has 7 heteroatoms. The topological polar surface area (TPSA) is 72.7 Å². The van der Waals surface area contributed by atoms with Crippen LogP contribution in [0, 0.1) is 15.9 Å². The van der Waals surface area contributed by atoms with Crippen LogP contribution in [0.2, 0.25) is 0 Å². The summed E-state index contributed by atoms with van der Waals surface area (Å²) in [5.74, 6) is -0.276. The summed E-state index contributed by atoms with van der Waals surface area (Å²) in [7, 11) is 1.60. The molecule has 0 radical (unpaired) electrons. The molecule has 0 fully saturated rings. The Hall–Kier alpha value is -2.96. The lowest BCUT2D eigenvalue weighted by molar-refractivity contribution is -0.384. The van der Waals surface area contributed by atoms with E-state index in [9.17, 15) is 19.3 Å². The quantitative estimate of drug-likeness (QED) is 0.602. The third-order valence-corrected chi connectivity index (χ3v) is 3.39. The number of nitro groups is 1.